The molecule has 1 unspecified atom stereocenters. The zero-order valence-corrected chi connectivity index (χ0v) is 15.3. The number of nitrogens with one attached hydrogen (secondary N) is 1. The Labute approximate surface area is 150 Å². The second kappa shape index (κ2) is 9.45. The number of carbonyl (C=O) groups is 3. The van der Waals surface area contributed by atoms with Crippen LogP contribution in [0.5, 0.6) is 0 Å². The number of thioether (sulfide) groups is 1. The zero-order valence-electron chi connectivity index (χ0n) is 14.4. The molecular formula is C16H23N3O5S. The molecule has 1 N–H and O–H groups in total. The van der Waals surface area contributed by atoms with Gasteiger partial charge in [-0.3, -0.25) is 14.4 Å². The first-order valence-electron chi connectivity index (χ1n) is 8.21. The number of amides is 2. The minimum absolute atomic E-state index is 0.00803. The summed E-state index contributed by atoms with van der Waals surface area (Å²) in [6, 6.07) is 1.79. The first-order valence-corrected chi connectivity index (χ1v) is 9.37. The molecule has 8 nitrogen and oxygen atoms in total. The number of carbonyl (C=O) groups excluding carboxylic acids is 3. The van der Waals surface area contributed by atoms with Crippen LogP contribution in [0, 0.1) is 6.92 Å². The molecule has 1 fully saturated rings. The highest BCUT2D eigenvalue weighted by Gasteiger charge is 2.23. The Hall–Kier alpha value is -2.03. The van der Waals surface area contributed by atoms with E-state index in [1.807, 2.05) is 6.92 Å². The van der Waals surface area contributed by atoms with Gasteiger partial charge in [-0.1, -0.05) is 5.16 Å². The smallest absolute Gasteiger partial charge is 0.316 e. The average molecular weight is 369 g/mol. The Morgan fingerprint density at radius 2 is 2.20 bits per heavy atom. The summed E-state index contributed by atoms with van der Waals surface area (Å²) in [6.07, 6.45) is 3.09. The lowest BCUT2D eigenvalue weighted by molar-refractivity contribution is -0.151. The largest absolute Gasteiger partial charge is 0.455 e. The molecule has 0 aliphatic carbocycles. The van der Waals surface area contributed by atoms with E-state index in [1.165, 1.54) is 0 Å². The van der Waals surface area contributed by atoms with Crippen LogP contribution in [0.3, 0.4) is 0 Å². The van der Waals surface area contributed by atoms with E-state index in [0.717, 1.165) is 31.0 Å². The van der Waals surface area contributed by atoms with Gasteiger partial charge < -0.3 is 19.5 Å². The Kier molecular flexibility index (Phi) is 7.30. The van der Waals surface area contributed by atoms with Crippen molar-refractivity contribution in [3.05, 3.63) is 11.8 Å². The van der Waals surface area contributed by atoms with Crippen molar-refractivity contribution in [3.63, 3.8) is 0 Å². The minimum atomic E-state index is -0.506. The molecule has 0 aromatic carbocycles. The van der Waals surface area contributed by atoms with E-state index in [2.05, 4.69) is 10.5 Å². The number of hydrogen-bond donors (Lipinski definition) is 1. The van der Waals surface area contributed by atoms with Crippen LogP contribution in [-0.4, -0.2) is 58.5 Å². The number of anilines is 1. The van der Waals surface area contributed by atoms with Gasteiger partial charge in [-0.25, -0.2) is 0 Å². The van der Waals surface area contributed by atoms with Crippen molar-refractivity contribution in [2.45, 2.75) is 39.2 Å². The highest BCUT2D eigenvalue weighted by molar-refractivity contribution is 8.00. The van der Waals surface area contributed by atoms with Crippen molar-refractivity contribution in [1.82, 2.24) is 10.1 Å². The van der Waals surface area contributed by atoms with Gasteiger partial charge in [0, 0.05) is 18.7 Å². The Morgan fingerprint density at radius 1 is 1.40 bits per heavy atom. The predicted octanol–water partition coefficient (Wildman–Crippen LogP) is 1.60. The second-order valence-corrected chi connectivity index (χ2v) is 6.94. The molecule has 2 amide bonds. The van der Waals surface area contributed by atoms with Gasteiger partial charge in [-0.15, -0.1) is 11.8 Å². The quantitative estimate of drug-likeness (QED) is 0.728. The van der Waals surface area contributed by atoms with Crippen molar-refractivity contribution >= 4 is 35.4 Å². The van der Waals surface area contributed by atoms with Crippen molar-refractivity contribution in [1.29, 1.82) is 0 Å². The van der Waals surface area contributed by atoms with Crippen LogP contribution in [-0.2, 0) is 19.1 Å². The molecule has 2 rings (SSSR count). The fraction of sp³-hybridized carbons (Fsp3) is 0.625. The normalized spacial score (nSPS) is 17.2. The maximum atomic E-state index is 12.1. The molecule has 1 saturated heterocycles. The maximum Gasteiger partial charge on any atom is 0.316 e. The minimum Gasteiger partial charge on any atom is -0.455 e. The average Bonchev–Trinajstić information content (AvgIpc) is 2.98. The van der Waals surface area contributed by atoms with E-state index in [-0.39, 0.29) is 36.0 Å². The standard InChI is InChI=1S/C16H23N3O5S/c1-11-5-3-4-6-19(11)15(21)8-23-16(22)10-25-9-14(20)17-13-7-12(2)24-18-13/h7,11H,3-6,8-10H2,1-2H3,(H,17,18,20). The van der Waals surface area contributed by atoms with E-state index in [1.54, 1.807) is 17.9 Å². The summed E-state index contributed by atoms with van der Waals surface area (Å²) in [4.78, 5) is 37.2. The van der Waals surface area contributed by atoms with Gasteiger partial charge in [0.25, 0.3) is 5.91 Å². The number of rotatable bonds is 7. The molecule has 9 heteroatoms. The summed E-state index contributed by atoms with van der Waals surface area (Å²) in [7, 11) is 0. The number of aromatic nitrogens is 1. The van der Waals surface area contributed by atoms with Gasteiger partial charge >= 0.3 is 5.97 Å². The fourth-order valence-electron chi connectivity index (χ4n) is 2.57. The third-order valence-corrected chi connectivity index (χ3v) is 4.73. The molecule has 1 atom stereocenters. The number of ether oxygens (including phenoxy) is 1. The molecule has 25 heavy (non-hydrogen) atoms. The van der Waals surface area contributed by atoms with Gasteiger partial charge in [0.1, 0.15) is 5.76 Å². The lowest BCUT2D eigenvalue weighted by Crippen LogP contribution is -2.44. The first-order chi connectivity index (χ1) is 12.0. The second-order valence-electron chi connectivity index (χ2n) is 5.96. The fourth-order valence-corrected chi connectivity index (χ4v) is 3.18. The summed E-state index contributed by atoms with van der Waals surface area (Å²) in [5.41, 5.74) is 0. The van der Waals surface area contributed by atoms with Crippen molar-refractivity contribution in [2.75, 3.05) is 30.0 Å². The van der Waals surface area contributed by atoms with Crippen LogP contribution in [0.25, 0.3) is 0 Å². The van der Waals surface area contributed by atoms with Crippen LogP contribution in [0.4, 0.5) is 5.82 Å². The predicted molar refractivity (Wildman–Crippen MR) is 93.2 cm³/mol. The third-order valence-electron chi connectivity index (χ3n) is 3.83. The summed E-state index contributed by atoms with van der Waals surface area (Å²) in [5, 5.41) is 6.21. The number of piperidine rings is 1. The van der Waals surface area contributed by atoms with E-state index in [0.29, 0.717) is 18.1 Å². The van der Waals surface area contributed by atoms with Gasteiger partial charge in [-0.2, -0.15) is 0 Å². The van der Waals surface area contributed by atoms with E-state index in [9.17, 15) is 14.4 Å². The monoisotopic (exact) mass is 369 g/mol. The van der Waals surface area contributed by atoms with Crippen LogP contribution >= 0.6 is 11.8 Å². The third kappa shape index (κ3) is 6.41. The molecule has 1 aromatic heterocycles. The summed E-state index contributed by atoms with van der Waals surface area (Å²) >= 11 is 1.11. The lowest BCUT2D eigenvalue weighted by atomic mass is 10.0. The highest BCUT2D eigenvalue weighted by atomic mass is 32.2. The SMILES string of the molecule is Cc1cc(NC(=O)CSCC(=O)OCC(=O)N2CCCCC2C)no1. The number of esters is 1. The van der Waals surface area contributed by atoms with Crippen molar-refractivity contribution in [3.8, 4) is 0 Å². The highest BCUT2D eigenvalue weighted by Crippen LogP contribution is 2.16. The van der Waals surface area contributed by atoms with Crippen molar-refractivity contribution < 1.29 is 23.6 Å². The molecule has 2 heterocycles. The van der Waals surface area contributed by atoms with E-state index < -0.39 is 5.97 Å². The molecule has 0 radical (unpaired) electrons. The molecule has 1 aliphatic rings. The molecule has 0 bridgehead atoms. The molecule has 1 aliphatic heterocycles. The summed E-state index contributed by atoms with van der Waals surface area (Å²) < 4.78 is 9.84. The molecular weight excluding hydrogens is 346 g/mol. The van der Waals surface area contributed by atoms with Gasteiger partial charge in [0.15, 0.2) is 12.4 Å². The summed E-state index contributed by atoms with van der Waals surface area (Å²) in [6.45, 7) is 4.20. The molecule has 138 valence electrons. The van der Waals surface area contributed by atoms with E-state index in [4.69, 9.17) is 9.26 Å². The summed E-state index contributed by atoms with van der Waals surface area (Å²) in [5.74, 6) is 0.0694. The molecule has 0 saturated carbocycles. The Morgan fingerprint density at radius 3 is 2.88 bits per heavy atom. The van der Waals surface area contributed by atoms with Crippen LogP contribution in [0.1, 0.15) is 31.9 Å². The maximum absolute atomic E-state index is 12.1. The van der Waals surface area contributed by atoms with Gasteiger partial charge in [-0.05, 0) is 33.1 Å². The van der Waals surface area contributed by atoms with Crippen LogP contribution < -0.4 is 5.32 Å². The number of hydrogen-bond acceptors (Lipinski definition) is 7. The molecule has 1 aromatic rings. The Balaban J connectivity index is 1.60. The number of nitrogens with zero attached hydrogens (tertiary/aromatic N) is 2. The zero-order chi connectivity index (χ0) is 18.2. The lowest BCUT2D eigenvalue weighted by Gasteiger charge is -2.33. The van der Waals surface area contributed by atoms with Crippen LogP contribution in [0.2, 0.25) is 0 Å². The molecule has 0 spiro atoms. The number of likely N-dealkylation sites (tertiary alicyclic amines) is 1. The topological polar surface area (TPSA) is 102 Å². The first kappa shape index (κ1) is 19.3. The van der Waals surface area contributed by atoms with Crippen molar-refractivity contribution in [2.24, 2.45) is 0 Å². The van der Waals surface area contributed by atoms with E-state index >= 15 is 0 Å². The van der Waals surface area contributed by atoms with Crippen LogP contribution in [0.15, 0.2) is 10.6 Å². The van der Waals surface area contributed by atoms with Gasteiger partial charge in [0.2, 0.25) is 5.91 Å². The Bertz CT molecular complexity index is 619. The van der Waals surface area contributed by atoms with Gasteiger partial charge in [0.05, 0.1) is 11.5 Å². The number of aryl methyl sites for hydroxylation is 1.